The van der Waals surface area contributed by atoms with E-state index in [-0.39, 0.29) is 18.6 Å². The van der Waals surface area contributed by atoms with Crippen LogP contribution in [0.4, 0.5) is 5.69 Å². The molecule has 2 aliphatic heterocycles. The van der Waals surface area contributed by atoms with Gasteiger partial charge >= 0.3 is 0 Å². The molecule has 0 saturated heterocycles. The molecule has 5 nitrogen and oxygen atoms in total. The van der Waals surface area contributed by atoms with Crippen LogP contribution in [0.5, 0.6) is 17.2 Å². The summed E-state index contributed by atoms with van der Waals surface area (Å²) >= 11 is 1.66. The van der Waals surface area contributed by atoms with Crippen LogP contribution < -0.4 is 19.5 Å². The summed E-state index contributed by atoms with van der Waals surface area (Å²) in [7, 11) is 1.66. The zero-order valence-corrected chi connectivity index (χ0v) is 15.5. The third kappa shape index (κ3) is 2.64. The van der Waals surface area contributed by atoms with Crippen molar-refractivity contribution in [1.82, 2.24) is 0 Å². The molecule has 136 valence electrons. The molecule has 27 heavy (non-hydrogen) atoms. The van der Waals surface area contributed by atoms with Crippen molar-refractivity contribution in [2.75, 3.05) is 19.2 Å². The Bertz CT molecular complexity index is 1040. The number of anilines is 1. The first-order valence-electron chi connectivity index (χ1n) is 8.69. The minimum absolute atomic E-state index is 0.00305. The molecule has 1 amide bonds. The third-order valence-electron chi connectivity index (χ3n) is 4.99. The molecule has 6 heteroatoms. The fourth-order valence-corrected chi connectivity index (χ4v) is 4.84. The van der Waals surface area contributed by atoms with Gasteiger partial charge in [-0.1, -0.05) is 24.3 Å². The van der Waals surface area contributed by atoms with Gasteiger partial charge in [0.2, 0.25) is 12.7 Å². The van der Waals surface area contributed by atoms with Crippen LogP contribution in [-0.4, -0.2) is 19.8 Å². The van der Waals surface area contributed by atoms with Crippen LogP contribution in [0.3, 0.4) is 0 Å². The molecule has 0 radical (unpaired) electrons. The summed E-state index contributed by atoms with van der Waals surface area (Å²) in [4.78, 5) is 13.6. The van der Waals surface area contributed by atoms with Crippen molar-refractivity contribution in [2.24, 2.45) is 0 Å². The minimum atomic E-state index is -0.00305. The number of fused-ring (bicyclic) bond motifs is 2. The molecule has 1 N–H and O–H groups in total. The van der Waals surface area contributed by atoms with Crippen molar-refractivity contribution in [3.05, 3.63) is 58.3 Å². The number of ether oxygens (including phenoxy) is 3. The van der Waals surface area contributed by atoms with E-state index < -0.39 is 0 Å². The van der Waals surface area contributed by atoms with Gasteiger partial charge in [0, 0.05) is 33.7 Å². The first-order chi connectivity index (χ1) is 13.2. The highest BCUT2D eigenvalue weighted by Gasteiger charge is 2.32. The molecule has 0 spiro atoms. The fourth-order valence-electron chi connectivity index (χ4n) is 3.69. The summed E-state index contributed by atoms with van der Waals surface area (Å²) in [5, 5.41) is 5.16. The second kappa shape index (κ2) is 6.32. The molecule has 1 atom stereocenters. The Kier molecular flexibility index (Phi) is 3.79. The number of hydrogen-bond donors (Lipinski definition) is 1. The monoisotopic (exact) mass is 379 g/mol. The molecule has 0 unspecified atom stereocenters. The maximum Gasteiger partial charge on any atom is 0.231 e. The molecule has 3 aromatic rings. The van der Waals surface area contributed by atoms with Gasteiger partial charge in [-0.05, 0) is 23.8 Å². The predicted octanol–water partition coefficient (Wildman–Crippen LogP) is 4.63. The Morgan fingerprint density at radius 3 is 2.85 bits per heavy atom. The number of benzene rings is 2. The second-order valence-electron chi connectivity index (χ2n) is 6.51. The highest BCUT2D eigenvalue weighted by molar-refractivity contribution is 7.11. The van der Waals surface area contributed by atoms with E-state index in [9.17, 15) is 4.79 Å². The number of methoxy groups -OCH3 is 1. The maximum absolute atomic E-state index is 12.5. The van der Waals surface area contributed by atoms with E-state index in [0.29, 0.717) is 6.42 Å². The molecular formula is C21H17NO4S. The Hall–Kier alpha value is -2.99. The van der Waals surface area contributed by atoms with Gasteiger partial charge in [-0.2, -0.15) is 0 Å². The van der Waals surface area contributed by atoms with Crippen LogP contribution in [0.25, 0.3) is 11.1 Å². The van der Waals surface area contributed by atoms with E-state index in [0.717, 1.165) is 44.5 Å². The topological polar surface area (TPSA) is 56.8 Å². The molecule has 0 aliphatic carbocycles. The number of amides is 1. The summed E-state index contributed by atoms with van der Waals surface area (Å²) in [5.41, 5.74) is 3.91. The smallest absolute Gasteiger partial charge is 0.231 e. The quantitative estimate of drug-likeness (QED) is 0.721. The van der Waals surface area contributed by atoms with Gasteiger partial charge in [0.05, 0.1) is 12.8 Å². The first kappa shape index (κ1) is 16.2. The zero-order chi connectivity index (χ0) is 18.4. The van der Waals surface area contributed by atoms with E-state index in [1.165, 1.54) is 0 Å². The Labute approximate surface area is 160 Å². The lowest BCUT2D eigenvalue weighted by molar-refractivity contribution is -0.116. The molecule has 0 saturated carbocycles. The number of hydrogen-bond acceptors (Lipinski definition) is 5. The number of para-hydroxylation sites is 1. The largest absolute Gasteiger partial charge is 0.496 e. The van der Waals surface area contributed by atoms with Crippen LogP contribution in [0, 0.1) is 0 Å². The van der Waals surface area contributed by atoms with E-state index in [4.69, 9.17) is 14.2 Å². The summed E-state index contributed by atoms with van der Waals surface area (Å²) in [6.07, 6.45) is 0.415. The number of carbonyl (C=O) groups is 1. The van der Waals surface area contributed by atoms with Crippen molar-refractivity contribution < 1.29 is 19.0 Å². The number of nitrogens with one attached hydrogen (secondary N) is 1. The van der Waals surface area contributed by atoms with Crippen molar-refractivity contribution in [2.45, 2.75) is 12.3 Å². The van der Waals surface area contributed by atoms with Gasteiger partial charge in [-0.15, -0.1) is 11.3 Å². The highest BCUT2D eigenvalue weighted by Crippen LogP contribution is 2.49. The SMILES string of the molecule is COc1ccccc1-c1csc2c1NC(=O)C[C@H]2c1ccc2c(c1)OCO2. The fraction of sp³-hybridized carbons (Fsp3) is 0.190. The van der Waals surface area contributed by atoms with Crippen molar-refractivity contribution in [3.8, 4) is 28.4 Å². The summed E-state index contributed by atoms with van der Waals surface area (Å²) in [6.45, 7) is 0.242. The van der Waals surface area contributed by atoms with Gasteiger partial charge in [0.1, 0.15) is 5.75 Å². The molecule has 3 heterocycles. The summed E-state index contributed by atoms with van der Waals surface area (Å²) in [5.74, 6) is 2.29. The maximum atomic E-state index is 12.5. The Morgan fingerprint density at radius 1 is 1.11 bits per heavy atom. The molecule has 1 aromatic heterocycles. The van der Waals surface area contributed by atoms with Gasteiger partial charge in [-0.3, -0.25) is 4.79 Å². The first-order valence-corrected chi connectivity index (χ1v) is 9.56. The van der Waals surface area contributed by atoms with Gasteiger partial charge in [0.15, 0.2) is 11.5 Å². The zero-order valence-electron chi connectivity index (χ0n) is 14.7. The normalized spacial score (nSPS) is 17.4. The molecule has 0 fully saturated rings. The Balaban J connectivity index is 1.61. The number of carbonyl (C=O) groups excluding carboxylic acids is 1. The molecule has 2 aromatic carbocycles. The van der Waals surface area contributed by atoms with Gasteiger partial charge in [0.25, 0.3) is 0 Å². The molecular weight excluding hydrogens is 362 g/mol. The third-order valence-corrected chi connectivity index (χ3v) is 6.08. The number of rotatable bonds is 3. The van der Waals surface area contributed by atoms with Crippen molar-refractivity contribution >= 4 is 22.9 Å². The molecule has 5 rings (SSSR count). The van der Waals surface area contributed by atoms with Crippen LogP contribution in [-0.2, 0) is 4.79 Å². The second-order valence-corrected chi connectivity index (χ2v) is 7.42. The Morgan fingerprint density at radius 2 is 1.96 bits per heavy atom. The molecule has 0 bridgehead atoms. The molecule has 2 aliphatic rings. The van der Waals surface area contributed by atoms with Crippen LogP contribution in [0.1, 0.15) is 22.8 Å². The lowest BCUT2D eigenvalue weighted by atomic mass is 9.89. The average molecular weight is 379 g/mol. The van der Waals surface area contributed by atoms with Crippen LogP contribution in [0.15, 0.2) is 47.8 Å². The van der Waals surface area contributed by atoms with Crippen molar-refractivity contribution in [1.29, 1.82) is 0 Å². The average Bonchev–Trinajstić information content (AvgIpc) is 3.33. The van der Waals surface area contributed by atoms with E-state index in [1.54, 1.807) is 18.4 Å². The summed E-state index contributed by atoms with van der Waals surface area (Å²) < 4.78 is 16.4. The van der Waals surface area contributed by atoms with E-state index in [1.807, 2.05) is 42.5 Å². The van der Waals surface area contributed by atoms with Gasteiger partial charge < -0.3 is 19.5 Å². The van der Waals surface area contributed by atoms with Crippen LogP contribution in [0.2, 0.25) is 0 Å². The highest BCUT2D eigenvalue weighted by atomic mass is 32.1. The lowest BCUT2D eigenvalue weighted by Crippen LogP contribution is -2.22. The predicted molar refractivity (Wildman–Crippen MR) is 104 cm³/mol. The number of thiophene rings is 1. The summed E-state index contributed by atoms with van der Waals surface area (Å²) in [6, 6.07) is 13.8. The van der Waals surface area contributed by atoms with Crippen LogP contribution >= 0.6 is 11.3 Å². The van der Waals surface area contributed by atoms with Gasteiger partial charge in [-0.25, -0.2) is 0 Å². The van der Waals surface area contributed by atoms with Crippen molar-refractivity contribution in [3.63, 3.8) is 0 Å². The van der Waals surface area contributed by atoms with E-state index >= 15 is 0 Å². The standard InChI is InChI=1S/C21H17NO4S/c1-24-16-5-3-2-4-13(16)15-10-27-21-14(9-19(23)22-20(15)21)12-6-7-17-18(8-12)26-11-25-17/h2-8,10,14H,9,11H2,1H3,(H,22,23)/t14-/m0/s1. The lowest BCUT2D eigenvalue weighted by Gasteiger charge is -2.24. The minimum Gasteiger partial charge on any atom is -0.496 e. The van der Waals surface area contributed by atoms with E-state index in [2.05, 4.69) is 10.7 Å².